The van der Waals surface area contributed by atoms with Gasteiger partial charge in [-0.25, -0.2) is 17.6 Å². The van der Waals surface area contributed by atoms with Crippen LogP contribution < -0.4 is 0 Å². The Hall–Kier alpha value is -2.00. The predicted octanol–water partition coefficient (Wildman–Crippen LogP) is 1.09. The lowest BCUT2D eigenvalue weighted by Crippen LogP contribution is -2.41. The Morgan fingerprint density at radius 2 is 1.80 bits per heavy atom. The molecule has 2 fully saturated rings. The van der Waals surface area contributed by atoms with E-state index in [0.29, 0.717) is 19.3 Å². The molecule has 0 bridgehead atoms. The van der Waals surface area contributed by atoms with Crippen molar-refractivity contribution >= 4 is 22.0 Å². The van der Waals surface area contributed by atoms with Gasteiger partial charge >= 0.3 is 11.9 Å². The highest BCUT2D eigenvalue weighted by molar-refractivity contribution is 7.89. The topological polar surface area (TPSA) is 90.0 Å². The number of ether oxygens (including phenoxy) is 2. The minimum absolute atomic E-state index is 0.0172. The van der Waals surface area contributed by atoms with Crippen molar-refractivity contribution in [3.8, 4) is 0 Å². The summed E-state index contributed by atoms with van der Waals surface area (Å²) in [5.74, 6) is -1.99. The molecule has 25 heavy (non-hydrogen) atoms. The molecular formula is C16H18FNO6S. The van der Waals surface area contributed by atoms with Crippen molar-refractivity contribution in [3.05, 3.63) is 30.1 Å². The number of benzene rings is 1. The highest BCUT2D eigenvalue weighted by Crippen LogP contribution is 2.25. The van der Waals surface area contributed by atoms with Crippen LogP contribution in [0, 0.1) is 11.7 Å². The van der Waals surface area contributed by atoms with Crippen LogP contribution in [-0.4, -0.2) is 50.5 Å². The molecule has 0 N–H and O–H groups in total. The Balaban J connectivity index is 1.58. The van der Waals surface area contributed by atoms with E-state index in [0.717, 1.165) is 12.1 Å². The summed E-state index contributed by atoms with van der Waals surface area (Å²) in [4.78, 5) is 23.5. The van der Waals surface area contributed by atoms with Crippen LogP contribution in [0.5, 0.6) is 0 Å². The second-order valence-corrected chi connectivity index (χ2v) is 7.95. The third-order valence-electron chi connectivity index (χ3n) is 4.38. The van der Waals surface area contributed by atoms with Gasteiger partial charge in [-0.05, 0) is 37.1 Å². The van der Waals surface area contributed by atoms with Crippen LogP contribution in [0.25, 0.3) is 0 Å². The molecule has 1 atom stereocenters. The van der Waals surface area contributed by atoms with Crippen LogP contribution in [0.2, 0.25) is 0 Å². The standard InChI is InChI=1S/C16H18FNO6S/c17-12-1-3-13(4-2-12)25(21,22)18-8-5-11(6-9-18)15(19)24-14-7-10-23-16(14)20/h1-4,11,14H,5-10H2/t14-/m1/s1. The maximum Gasteiger partial charge on any atom is 0.347 e. The number of hydrogen-bond donors (Lipinski definition) is 0. The van der Waals surface area contributed by atoms with Crippen molar-refractivity contribution in [1.29, 1.82) is 0 Å². The number of nitrogens with zero attached hydrogens (tertiary/aromatic N) is 1. The van der Waals surface area contributed by atoms with Crippen molar-refractivity contribution in [3.63, 3.8) is 0 Å². The lowest BCUT2D eigenvalue weighted by Gasteiger charge is -2.30. The molecule has 2 aliphatic heterocycles. The molecule has 0 aromatic heterocycles. The highest BCUT2D eigenvalue weighted by atomic mass is 32.2. The van der Waals surface area contributed by atoms with Gasteiger partial charge < -0.3 is 9.47 Å². The molecule has 0 saturated carbocycles. The maximum atomic E-state index is 13.0. The van der Waals surface area contributed by atoms with Crippen LogP contribution in [0.3, 0.4) is 0 Å². The summed E-state index contributed by atoms with van der Waals surface area (Å²) in [6.45, 7) is 0.564. The lowest BCUT2D eigenvalue weighted by atomic mass is 9.98. The molecule has 0 unspecified atom stereocenters. The van der Waals surface area contributed by atoms with E-state index in [1.54, 1.807) is 0 Å². The summed E-state index contributed by atoms with van der Waals surface area (Å²) in [6.07, 6.45) is 0.109. The predicted molar refractivity (Wildman–Crippen MR) is 83.3 cm³/mol. The van der Waals surface area contributed by atoms with Gasteiger partial charge in [-0.15, -0.1) is 0 Å². The maximum absolute atomic E-state index is 13.0. The molecule has 0 radical (unpaired) electrons. The first-order chi connectivity index (χ1) is 11.9. The highest BCUT2D eigenvalue weighted by Gasteiger charge is 2.36. The van der Waals surface area contributed by atoms with Crippen molar-refractivity contribution in [2.45, 2.75) is 30.3 Å². The van der Waals surface area contributed by atoms with Crippen molar-refractivity contribution in [1.82, 2.24) is 4.31 Å². The molecule has 136 valence electrons. The molecule has 1 aromatic rings. The van der Waals surface area contributed by atoms with Gasteiger partial charge in [0, 0.05) is 19.5 Å². The number of cyclic esters (lactones) is 1. The van der Waals surface area contributed by atoms with Gasteiger partial charge in [0.05, 0.1) is 17.4 Å². The van der Waals surface area contributed by atoms with Gasteiger partial charge in [0.2, 0.25) is 16.1 Å². The first-order valence-corrected chi connectivity index (χ1v) is 9.45. The number of rotatable bonds is 4. The Bertz CT molecular complexity index is 755. The summed E-state index contributed by atoms with van der Waals surface area (Å²) in [5, 5.41) is 0. The fraction of sp³-hybridized carbons (Fsp3) is 0.500. The zero-order valence-corrected chi connectivity index (χ0v) is 14.2. The quantitative estimate of drug-likeness (QED) is 0.736. The molecular weight excluding hydrogens is 353 g/mol. The van der Waals surface area contributed by atoms with E-state index in [9.17, 15) is 22.4 Å². The zero-order valence-electron chi connectivity index (χ0n) is 13.4. The first-order valence-electron chi connectivity index (χ1n) is 8.01. The van der Waals surface area contributed by atoms with E-state index < -0.39 is 39.8 Å². The number of sulfonamides is 1. The molecule has 1 aromatic carbocycles. The van der Waals surface area contributed by atoms with E-state index in [2.05, 4.69) is 0 Å². The summed E-state index contributed by atoms with van der Waals surface area (Å²) < 4.78 is 49.2. The Kier molecular flexibility index (Phi) is 5.05. The minimum atomic E-state index is -3.72. The molecule has 2 saturated heterocycles. The van der Waals surface area contributed by atoms with Crippen LogP contribution in [0.15, 0.2) is 29.2 Å². The number of hydrogen-bond acceptors (Lipinski definition) is 6. The molecule has 2 heterocycles. The average molecular weight is 371 g/mol. The fourth-order valence-corrected chi connectivity index (χ4v) is 4.38. The SMILES string of the molecule is O=C(O[C@@H]1CCOC1=O)C1CCN(S(=O)(=O)c2ccc(F)cc2)CC1. The minimum Gasteiger partial charge on any atom is -0.463 e. The Labute approximate surface area is 144 Å². The van der Waals surface area contributed by atoms with Crippen LogP contribution in [-0.2, 0) is 29.1 Å². The van der Waals surface area contributed by atoms with Gasteiger partial charge in [-0.2, -0.15) is 4.31 Å². The molecule has 0 spiro atoms. The summed E-state index contributed by atoms with van der Waals surface area (Å²) in [7, 11) is -3.72. The number of carbonyl (C=O) groups excluding carboxylic acids is 2. The second kappa shape index (κ2) is 7.09. The van der Waals surface area contributed by atoms with Gasteiger partial charge in [0.1, 0.15) is 5.82 Å². The molecule has 7 nitrogen and oxygen atoms in total. The van der Waals surface area contributed by atoms with E-state index in [-0.39, 0.29) is 24.6 Å². The average Bonchev–Trinajstić information content (AvgIpc) is 3.00. The third kappa shape index (κ3) is 3.82. The molecule has 0 aliphatic carbocycles. The summed E-state index contributed by atoms with van der Waals surface area (Å²) in [5.41, 5.74) is 0. The van der Waals surface area contributed by atoms with Crippen LogP contribution >= 0.6 is 0 Å². The molecule has 9 heteroatoms. The van der Waals surface area contributed by atoms with E-state index >= 15 is 0 Å². The van der Waals surface area contributed by atoms with Crippen LogP contribution in [0.4, 0.5) is 4.39 Å². The second-order valence-electron chi connectivity index (χ2n) is 6.01. The van der Waals surface area contributed by atoms with Crippen LogP contribution in [0.1, 0.15) is 19.3 Å². The van der Waals surface area contributed by atoms with Gasteiger partial charge in [-0.3, -0.25) is 4.79 Å². The number of halogens is 1. The molecule has 2 aliphatic rings. The smallest absolute Gasteiger partial charge is 0.347 e. The van der Waals surface area contributed by atoms with Gasteiger partial charge in [0.25, 0.3) is 0 Å². The van der Waals surface area contributed by atoms with Crippen molar-refractivity contribution in [2.24, 2.45) is 5.92 Å². The summed E-state index contributed by atoms with van der Waals surface area (Å²) in [6, 6.07) is 4.63. The molecule has 0 amide bonds. The number of piperidine rings is 1. The van der Waals surface area contributed by atoms with E-state index in [1.165, 1.54) is 16.4 Å². The number of carbonyl (C=O) groups is 2. The van der Waals surface area contributed by atoms with Gasteiger partial charge in [0.15, 0.2) is 0 Å². The zero-order chi connectivity index (χ0) is 18.0. The van der Waals surface area contributed by atoms with Crippen molar-refractivity contribution in [2.75, 3.05) is 19.7 Å². The largest absolute Gasteiger partial charge is 0.463 e. The first kappa shape index (κ1) is 17.8. The monoisotopic (exact) mass is 371 g/mol. The Morgan fingerprint density at radius 3 is 2.36 bits per heavy atom. The lowest BCUT2D eigenvalue weighted by molar-refractivity contribution is -0.164. The summed E-state index contributed by atoms with van der Waals surface area (Å²) >= 11 is 0. The normalized spacial score (nSPS) is 22.6. The van der Waals surface area contributed by atoms with Gasteiger partial charge in [-0.1, -0.05) is 0 Å². The van der Waals surface area contributed by atoms with E-state index in [4.69, 9.17) is 9.47 Å². The Morgan fingerprint density at radius 1 is 1.16 bits per heavy atom. The van der Waals surface area contributed by atoms with E-state index in [1.807, 2.05) is 0 Å². The van der Waals surface area contributed by atoms with Crippen molar-refractivity contribution < 1.29 is 31.9 Å². The fourth-order valence-electron chi connectivity index (χ4n) is 2.91. The third-order valence-corrected chi connectivity index (χ3v) is 6.30. The molecule has 3 rings (SSSR count). The number of esters is 2.